The molecule has 0 bridgehead atoms. The number of benzene rings is 3. The highest BCUT2D eigenvalue weighted by molar-refractivity contribution is 5.96. The number of rotatable bonds is 4. The molecule has 0 aliphatic rings. The first-order chi connectivity index (χ1) is 14.3. The van der Waals surface area contributed by atoms with Crippen LogP contribution in [0.2, 0.25) is 0 Å². The molecule has 0 saturated carbocycles. The molecule has 5 nitrogen and oxygen atoms in total. The lowest BCUT2D eigenvalue weighted by Crippen LogP contribution is -2.20. The van der Waals surface area contributed by atoms with Crippen LogP contribution >= 0.6 is 0 Å². The van der Waals surface area contributed by atoms with Gasteiger partial charge in [-0.05, 0) is 80.3 Å². The van der Waals surface area contributed by atoms with Crippen molar-refractivity contribution < 1.29 is 13.9 Å². The van der Waals surface area contributed by atoms with Crippen LogP contribution in [0.3, 0.4) is 0 Å². The number of amides is 1. The van der Waals surface area contributed by atoms with E-state index >= 15 is 0 Å². The average molecular weight is 401 g/mol. The number of ether oxygens (including phenoxy) is 1. The van der Waals surface area contributed by atoms with E-state index in [0.29, 0.717) is 33.4 Å². The molecular weight excluding hydrogens is 378 g/mol. The predicted molar refractivity (Wildman–Crippen MR) is 120 cm³/mol. The first kappa shape index (κ1) is 19.7. The molecule has 5 heteroatoms. The molecule has 0 saturated heterocycles. The Hall–Kier alpha value is -3.60. The van der Waals surface area contributed by atoms with Crippen molar-refractivity contribution in [3.05, 3.63) is 81.0 Å². The molecule has 3 aromatic carbocycles. The molecule has 152 valence electrons. The molecule has 1 aromatic heterocycles. The maximum atomic E-state index is 12.8. The van der Waals surface area contributed by atoms with Gasteiger partial charge in [-0.2, -0.15) is 0 Å². The summed E-state index contributed by atoms with van der Waals surface area (Å²) in [6.07, 6.45) is 0. The van der Waals surface area contributed by atoms with Crippen molar-refractivity contribution >= 4 is 33.5 Å². The van der Waals surface area contributed by atoms with Crippen LogP contribution < -0.4 is 15.5 Å². The Bertz CT molecular complexity index is 1350. The van der Waals surface area contributed by atoms with Crippen LogP contribution in [-0.2, 0) is 4.79 Å². The lowest BCUT2D eigenvalue weighted by molar-refractivity contribution is -0.118. The zero-order valence-corrected chi connectivity index (χ0v) is 17.5. The molecule has 0 radical (unpaired) electrons. The lowest BCUT2D eigenvalue weighted by Gasteiger charge is -2.11. The van der Waals surface area contributed by atoms with E-state index in [1.54, 1.807) is 18.2 Å². The molecule has 0 atom stereocenters. The molecule has 1 amide bonds. The Labute approximate surface area is 174 Å². The van der Waals surface area contributed by atoms with Crippen LogP contribution in [0.4, 0.5) is 5.69 Å². The lowest BCUT2D eigenvalue weighted by atomic mass is 10.1. The summed E-state index contributed by atoms with van der Waals surface area (Å²) < 4.78 is 11.6. The van der Waals surface area contributed by atoms with E-state index in [0.717, 1.165) is 22.3 Å². The second-order valence-electron chi connectivity index (χ2n) is 7.68. The van der Waals surface area contributed by atoms with Gasteiger partial charge in [-0.3, -0.25) is 9.59 Å². The molecule has 4 rings (SSSR count). The molecule has 0 unspecified atom stereocenters. The van der Waals surface area contributed by atoms with Crippen molar-refractivity contribution in [3.8, 4) is 5.75 Å². The fourth-order valence-electron chi connectivity index (χ4n) is 3.39. The molecular formula is C25H23NO4. The Morgan fingerprint density at radius 1 is 0.867 bits per heavy atom. The van der Waals surface area contributed by atoms with Gasteiger partial charge >= 0.3 is 0 Å². The van der Waals surface area contributed by atoms with Gasteiger partial charge in [0.2, 0.25) is 5.43 Å². The second kappa shape index (κ2) is 7.67. The average Bonchev–Trinajstić information content (AvgIpc) is 2.70. The normalized spacial score (nSPS) is 11.1. The number of fused-ring (bicyclic) bond motifs is 2. The van der Waals surface area contributed by atoms with Crippen molar-refractivity contribution in [1.82, 2.24) is 0 Å². The molecule has 30 heavy (non-hydrogen) atoms. The van der Waals surface area contributed by atoms with Gasteiger partial charge in [-0.15, -0.1) is 0 Å². The Morgan fingerprint density at radius 3 is 2.40 bits per heavy atom. The van der Waals surface area contributed by atoms with Crippen LogP contribution in [-0.4, -0.2) is 12.5 Å². The van der Waals surface area contributed by atoms with Gasteiger partial charge in [0.25, 0.3) is 5.91 Å². The van der Waals surface area contributed by atoms with Crippen LogP contribution in [0.1, 0.15) is 22.3 Å². The summed E-state index contributed by atoms with van der Waals surface area (Å²) in [6.45, 7) is 7.75. The van der Waals surface area contributed by atoms with E-state index in [9.17, 15) is 9.59 Å². The second-order valence-corrected chi connectivity index (χ2v) is 7.68. The van der Waals surface area contributed by atoms with Gasteiger partial charge in [0, 0.05) is 11.8 Å². The molecule has 4 aromatic rings. The first-order valence-electron chi connectivity index (χ1n) is 9.79. The van der Waals surface area contributed by atoms with Gasteiger partial charge < -0.3 is 14.5 Å². The summed E-state index contributed by atoms with van der Waals surface area (Å²) in [4.78, 5) is 25.2. The molecule has 1 N–H and O–H groups in total. The molecule has 0 fully saturated rings. The van der Waals surface area contributed by atoms with Crippen LogP contribution in [0, 0.1) is 27.7 Å². The largest absolute Gasteiger partial charge is 0.483 e. The van der Waals surface area contributed by atoms with Crippen LogP contribution in [0.25, 0.3) is 21.9 Å². The summed E-state index contributed by atoms with van der Waals surface area (Å²) in [6, 6.07) is 14.6. The number of carbonyl (C=O) groups is 1. The predicted octanol–water partition coefficient (Wildman–Crippen LogP) is 5.20. The minimum atomic E-state index is -0.287. The smallest absolute Gasteiger partial charge is 0.262 e. The van der Waals surface area contributed by atoms with Gasteiger partial charge in [-0.25, -0.2) is 0 Å². The number of anilines is 1. The van der Waals surface area contributed by atoms with Crippen molar-refractivity contribution in [2.75, 3.05) is 11.9 Å². The third-order valence-corrected chi connectivity index (χ3v) is 5.27. The summed E-state index contributed by atoms with van der Waals surface area (Å²) >= 11 is 0. The van der Waals surface area contributed by atoms with E-state index in [2.05, 4.69) is 5.32 Å². The Kier molecular flexibility index (Phi) is 5.04. The van der Waals surface area contributed by atoms with Crippen molar-refractivity contribution in [1.29, 1.82) is 0 Å². The van der Waals surface area contributed by atoms with Crippen LogP contribution in [0.15, 0.2) is 57.7 Å². The van der Waals surface area contributed by atoms with Gasteiger partial charge in [0.15, 0.2) is 6.61 Å². The molecule has 1 heterocycles. The minimum Gasteiger partial charge on any atom is -0.483 e. The molecule has 0 spiro atoms. The highest BCUT2D eigenvalue weighted by Gasteiger charge is 2.11. The Morgan fingerprint density at radius 2 is 1.60 bits per heavy atom. The molecule has 0 aliphatic carbocycles. The van der Waals surface area contributed by atoms with Gasteiger partial charge in [-0.1, -0.05) is 12.1 Å². The van der Waals surface area contributed by atoms with E-state index in [-0.39, 0.29) is 17.9 Å². The summed E-state index contributed by atoms with van der Waals surface area (Å²) in [5.41, 5.74) is 5.58. The third-order valence-electron chi connectivity index (χ3n) is 5.27. The summed E-state index contributed by atoms with van der Waals surface area (Å²) in [7, 11) is 0. The van der Waals surface area contributed by atoms with Crippen molar-refractivity contribution in [2.24, 2.45) is 0 Å². The van der Waals surface area contributed by atoms with Gasteiger partial charge in [0.05, 0.1) is 10.8 Å². The number of carbonyl (C=O) groups excluding carboxylic acids is 1. The first-order valence-corrected chi connectivity index (χ1v) is 9.79. The number of nitrogens with one attached hydrogen (secondary N) is 1. The highest BCUT2D eigenvalue weighted by Crippen LogP contribution is 2.24. The number of hydrogen-bond donors (Lipinski definition) is 1. The fourth-order valence-corrected chi connectivity index (χ4v) is 3.39. The van der Waals surface area contributed by atoms with Gasteiger partial charge in [0.1, 0.15) is 16.9 Å². The third kappa shape index (κ3) is 3.79. The number of aryl methyl sites for hydroxylation is 4. The van der Waals surface area contributed by atoms with E-state index < -0.39 is 0 Å². The minimum absolute atomic E-state index is 0.0783. The number of hydrogen-bond acceptors (Lipinski definition) is 4. The maximum absolute atomic E-state index is 12.8. The zero-order valence-electron chi connectivity index (χ0n) is 17.5. The topological polar surface area (TPSA) is 68.5 Å². The van der Waals surface area contributed by atoms with E-state index in [1.165, 1.54) is 0 Å². The zero-order chi connectivity index (χ0) is 21.4. The van der Waals surface area contributed by atoms with E-state index in [4.69, 9.17) is 9.15 Å². The SMILES string of the molecule is Cc1ccc(C)c(OCC(=O)Nc2ccc3c(=O)c4cc(C)c(C)cc4oc3c2)c1. The Balaban J connectivity index is 1.58. The van der Waals surface area contributed by atoms with E-state index in [1.807, 2.05) is 58.0 Å². The fraction of sp³-hybridized carbons (Fsp3) is 0.200. The standard InChI is InChI=1S/C25H23NO4/c1-14-5-6-15(2)21(9-14)29-13-24(27)26-18-7-8-19-23(12-18)30-22-11-17(4)16(3)10-20(22)25(19)28/h5-12H,13H2,1-4H3,(H,26,27). The summed E-state index contributed by atoms with van der Waals surface area (Å²) in [5.74, 6) is 0.400. The molecule has 0 aliphatic heterocycles. The summed E-state index contributed by atoms with van der Waals surface area (Å²) in [5, 5.41) is 3.84. The van der Waals surface area contributed by atoms with Crippen molar-refractivity contribution in [2.45, 2.75) is 27.7 Å². The monoisotopic (exact) mass is 401 g/mol. The van der Waals surface area contributed by atoms with Crippen LogP contribution in [0.5, 0.6) is 5.75 Å². The van der Waals surface area contributed by atoms with Crippen molar-refractivity contribution in [3.63, 3.8) is 0 Å². The maximum Gasteiger partial charge on any atom is 0.262 e. The highest BCUT2D eigenvalue weighted by atomic mass is 16.5. The quantitative estimate of drug-likeness (QED) is 0.478.